The smallest absolute Gasteiger partial charge is 0.226 e. The van der Waals surface area contributed by atoms with Crippen molar-refractivity contribution in [1.29, 1.82) is 0 Å². The number of carbonyl (C=O) groups excluding carboxylic acids is 1. The fourth-order valence-electron chi connectivity index (χ4n) is 3.42. The molecule has 0 aromatic heterocycles. The highest BCUT2D eigenvalue weighted by atomic mass is 35.5. The molecule has 104 valence electrons. The molecule has 4 nitrogen and oxygen atoms in total. The van der Waals surface area contributed by atoms with E-state index in [1.165, 1.54) is 12.8 Å². The molecule has 1 unspecified atom stereocenters. The first-order chi connectivity index (χ1) is 8.21. The number of halogens is 1. The van der Waals surface area contributed by atoms with E-state index in [-0.39, 0.29) is 12.4 Å². The molecule has 2 saturated heterocycles. The zero-order chi connectivity index (χ0) is 11.9. The first-order valence-electron chi connectivity index (χ1n) is 6.89. The van der Waals surface area contributed by atoms with Crippen LogP contribution >= 0.6 is 12.4 Å². The summed E-state index contributed by atoms with van der Waals surface area (Å²) in [6.45, 7) is 6.14. The molecule has 1 N–H and O–H groups in total. The molecular weight excluding hydrogens is 250 g/mol. The van der Waals surface area contributed by atoms with Crippen LogP contribution in [-0.4, -0.2) is 62.0 Å². The first kappa shape index (κ1) is 14.1. The number of carbonyl (C=O) groups is 1. The van der Waals surface area contributed by atoms with Crippen molar-refractivity contribution in [3.8, 4) is 0 Å². The van der Waals surface area contributed by atoms with Crippen LogP contribution in [0.4, 0.5) is 0 Å². The lowest BCUT2D eigenvalue weighted by molar-refractivity contribution is -0.135. The number of likely N-dealkylation sites (N-methyl/N-ethyl adjacent to an activating group) is 1. The van der Waals surface area contributed by atoms with E-state index < -0.39 is 0 Å². The Bertz CT molecular complexity index is 309. The van der Waals surface area contributed by atoms with E-state index in [4.69, 9.17) is 0 Å². The van der Waals surface area contributed by atoms with E-state index in [1.54, 1.807) is 0 Å². The molecule has 0 radical (unpaired) electrons. The Labute approximate surface area is 115 Å². The third-order valence-electron chi connectivity index (χ3n) is 4.90. The summed E-state index contributed by atoms with van der Waals surface area (Å²) in [6, 6.07) is 0. The van der Waals surface area contributed by atoms with Crippen molar-refractivity contribution in [3.05, 3.63) is 0 Å². The molecule has 1 saturated carbocycles. The van der Waals surface area contributed by atoms with Gasteiger partial charge in [-0.2, -0.15) is 0 Å². The van der Waals surface area contributed by atoms with Gasteiger partial charge in [0, 0.05) is 32.1 Å². The van der Waals surface area contributed by atoms with Gasteiger partial charge < -0.3 is 15.1 Å². The van der Waals surface area contributed by atoms with Crippen LogP contribution in [0.1, 0.15) is 19.3 Å². The number of rotatable bonds is 1. The van der Waals surface area contributed by atoms with Crippen molar-refractivity contribution in [2.24, 2.45) is 11.3 Å². The second-order valence-electron chi connectivity index (χ2n) is 6.00. The molecule has 3 aliphatic rings. The molecule has 3 fully saturated rings. The number of hydrogen-bond acceptors (Lipinski definition) is 3. The van der Waals surface area contributed by atoms with Gasteiger partial charge in [-0.1, -0.05) is 0 Å². The summed E-state index contributed by atoms with van der Waals surface area (Å²) in [6.07, 6.45) is 3.56. The molecule has 1 spiro atoms. The molecule has 2 heterocycles. The third kappa shape index (κ3) is 2.51. The lowest BCUT2D eigenvalue weighted by atomic mass is 9.91. The summed E-state index contributed by atoms with van der Waals surface area (Å²) in [7, 11) is 2.13. The molecule has 0 aromatic carbocycles. The summed E-state index contributed by atoms with van der Waals surface area (Å²) in [4.78, 5) is 16.8. The molecule has 1 amide bonds. The molecule has 0 bridgehead atoms. The number of piperazine rings is 1. The van der Waals surface area contributed by atoms with Crippen LogP contribution in [0, 0.1) is 11.3 Å². The molecule has 0 aromatic rings. The highest BCUT2D eigenvalue weighted by Gasteiger charge is 2.58. The fraction of sp³-hybridized carbons (Fsp3) is 0.923. The minimum atomic E-state index is 0. The van der Waals surface area contributed by atoms with E-state index in [1.807, 2.05) is 0 Å². The normalized spacial score (nSPS) is 30.9. The van der Waals surface area contributed by atoms with Crippen LogP contribution in [0.25, 0.3) is 0 Å². The quantitative estimate of drug-likeness (QED) is 0.759. The largest absolute Gasteiger partial charge is 0.340 e. The van der Waals surface area contributed by atoms with Gasteiger partial charge in [0.15, 0.2) is 0 Å². The van der Waals surface area contributed by atoms with Gasteiger partial charge in [0.1, 0.15) is 0 Å². The van der Waals surface area contributed by atoms with Crippen LogP contribution < -0.4 is 5.32 Å². The van der Waals surface area contributed by atoms with Crippen molar-refractivity contribution < 1.29 is 4.79 Å². The van der Waals surface area contributed by atoms with Crippen molar-refractivity contribution >= 4 is 18.3 Å². The van der Waals surface area contributed by atoms with Crippen LogP contribution in [-0.2, 0) is 4.79 Å². The average molecular weight is 274 g/mol. The molecular formula is C13H24ClN3O. The zero-order valence-electron chi connectivity index (χ0n) is 11.2. The van der Waals surface area contributed by atoms with E-state index in [2.05, 4.69) is 22.2 Å². The summed E-state index contributed by atoms with van der Waals surface area (Å²) in [5.74, 6) is 0.799. The number of hydrogen-bond donors (Lipinski definition) is 1. The molecule has 2 aliphatic heterocycles. The highest BCUT2D eigenvalue weighted by Crippen LogP contribution is 2.59. The number of nitrogens with zero attached hydrogens (tertiary/aromatic N) is 2. The Kier molecular flexibility index (Phi) is 4.19. The predicted octanol–water partition coefficient (Wildman–Crippen LogP) is 0.572. The minimum absolute atomic E-state index is 0. The number of piperidine rings is 1. The zero-order valence-corrected chi connectivity index (χ0v) is 12.0. The minimum Gasteiger partial charge on any atom is -0.340 e. The molecule has 18 heavy (non-hydrogen) atoms. The topological polar surface area (TPSA) is 35.6 Å². The van der Waals surface area contributed by atoms with Crippen molar-refractivity contribution in [3.63, 3.8) is 0 Å². The van der Waals surface area contributed by atoms with E-state index >= 15 is 0 Å². The number of nitrogens with one attached hydrogen (secondary N) is 1. The SMILES string of the molecule is CN1CCN(C(=O)C2CC23CCNCC3)CC1.Cl. The maximum absolute atomic E-state index is 12.4. The van der Waals surface area contributed by atoms with Gasteiger partial charge in [-0.15, -0.1) is 12.4 Å². The van der Waals surface area contributed by atoms with Gasteiger partial charge in [-0.3, -0.25) is 4.79 Å². The molecule has 1 aliphatic carbocycles. The molecule has 5 heteroatoms. The van der Waals surface area contributed by atoms with E-state index in [0.29, 0.717) is 17.2 Å². The second-order valence-corrected chi connectivity index (χ2v) is 6.00. The monoisotopic (exact) mass is 273 g/mol. The van der Waals surface area contributed by atoms with Crippen LogP contribution in [0.3, 0.4) is 0 Å². The van der Waals surface area contributed by atoms with E-state index in [0.717, 1.165) is 45.7 Å². The molecule has 1 atom stereocenters. The van der Waals surface area contributed by atoms with Gasteiger partial charge in [0.2, 0.25) is 5.91 Å². The van der Waals surface area contributed by atoms with Crippen LogP contribution in [0.5, 0.6) is 0 Å². The molecule has 3 rings (SSSR count). The van der Waals surface area contributed by atoms with Gasteiger partial charge >= 0.3 is 0 Å². The Morgan fingerprint density at radius 1 is 1.17 bits per heavy atom. The van der Waals surface area contributed by atoms with Crippen molar-refractivity contribution in [2.75, 3.05) is 46.3 Å². The lowest BCUT2D eigenvalue weighted by Crippen LogP contribution is -2.48. The summed E-state index contributed by atoms with van der Waals surface area (Å²) in [5, 5.41) is 3.39. The maximum Gasteiger partial charge on any atom is 0.226 e. The second kappa shape index (κ2) is 5.35. The summed E-state index contributed by atoms with van der Waals surface area (Å²) in [5.41, 5.74) is 0.395. The van der Waals surface area contributed by atoms with Crippen molar-refractivity contribution in [1.82, 2.24) is 15.1 Å². The number of amides is 1. The third-order valence-corrected chi connectivity index (χ3v) is 4.90. The van der Waals surface area contributed by atoms with E-state index in [9.17, 15) is 4.79 Å². The highest BCUT2D eigenvalue weighted by molar-refractivity contribution is 5.85. The predicted molar refractivity (Wildman–Crippen MR) is 74.0 cm³/mol. The van der Waals surface area contributed by atoms with Gasteiger partial charge in [0.25, 0.3) is 0 Å². The Hall–Kier alpha value is -0.320. The standard InChI is InChI=1S/C13H23N3O.ClH/c1-15-6-8-16(9-7-15)12(17)11-10-13(11)2-4-14-5-3-13;/h11,14H,2-10H2,1H3;1H. The van der Waals surface area contributed by atoms with Gasteiger partial charge in [0.05, 0.1) is 0 Å². The maximum atomic E-state index is 12.4. The summed E-state index contributed by atoms with van der Waals surface area (Å²) >= 11 is 0. The Balaban J connectivity index is 0.00000120. The lowest BCUT2D eigenvalue weighted by Gasteiger charge is -2.33. The van der Waals surface area contributed by atoms with Gasteiger partial charge in [-0.25, -0.2) is 0 Å². The van der Waals surface area contributed by atoms with Gasteiger partial charge in [-0.05, 0) is 44.8 Å². The van der Waals surface area contributed by atoms with Crippen molar-refractivity contribution in [2.45, 2.75) is 19.3 Å². The van der Waals surface area contributed by atoms with Crippen LogP contribution in [0.2, 0.25) is 0 Å². The first-order valence-corrected chi connectivity index (χ1v) is 6.89. The fourth-order valence-corrected chi connectivity index (χ4v) is 3.42. The summed E-state index contributed by atoms with van der Waals surface area (Å²) < 4.78 is 0. The Morgan fingerprint density at radius 3 is 2.39 bits per heavy atom. The average Bonchev–Trinajstić information content (AvgIpc) is 3.04. The Morgan fingerprint density at radius 2 is 1.78 bits per heavy atom. The van der Waals surface area contributed by atoms with Crippen LogP contribution in [0.15, 0.2) is 0 Å².